The minimum absolute atomic E-state index is 0.127. The Morgan fingerprint density at radius 3 is 2.71 bits per heavy atom. The Labute approximate surface area is 132 Å². The number of hydrazine groups is 1. The van der Waals surface area contributed by atoms with Gasteiger partial charge in [0.25, 0.3) is 0 Å². The Kier molecular flexibility index (Phi) is 5.33. The summed E-state index contributed by atoms with van der Waals surface area (Å²) in [5, 5.41) is 0. The Morgan fingerprint density at radius 2 is 2.05 bits per heavy atom. The van der Waals surface area contributed by atoms with Gasteiger partial charge in [-0.05, 0) is 54.3 Å². The van der Waals surface area contributed by atoms with Crippen LogP contribution in [-0.2, 0) is 6.42 Å². The standard InChI is InChI=1S/C16H18BrFN2O/c1-10-3-4-11(9-16(10)21-2)15(20-19)8-12-7-13(18)5-6-14(12)17/h3-7,9,15,20H,8,19H2,1-2H3. The van der Waals surface area contributed by atoms with Crippen LogP contribution in [0, 0.1) is 12.7 Å². The van der Waals surface area contributed by atoms with E-state index in [-0.39, 0.29) is 11.9 Å². The molecule has 0 spiro atoms. The van der Waals surface area contributed by atoms with Gasteiger partial charge in [0.2, 0.25) is 0 Å². The van der Waals surface area contributed by atoms with Crippen LogP contribution in [0.15, 0.2) is 40.9 Å². The predicted octanol–water partition coefficient (Wildman–Crippen LogP) is 3.65. The maximum atomic E-state index is 13.4. The van der Waals surface area contributed by atoms with Gasteiger partial charge in [0.15, 0.2) is 0 Å². The first kappa shape index (κ1) is 15.9. The molecule has 0 aliphatic heterocycles. The molecule has 2 aromatic rings. The topological polar surface area (TPSA) is 47.3 Å². The number of halogens is 2. The first-order chi connectivity index (χ1) is 10.0. The highest BCUT2D eigenvalue weighted by Crippen LogP contribution is 2.27. The average molecular weight is 353 g/mol. The second kappa shape index (κ2) is 7.02. The second-order valence-electron chi connectivity index (χ2n) is 4.89. The van der Waals surface area contributed by atoms with E-state index in [4.69, 9.17) is 10.6 Å². The van der Waals surface area contributed by atoms with Crippen molar-refractivity contribution in [3.8, 4) is 5.75 Å². The first-order valence-corrected chi connectivity index (χ1v) is 7.39. The van der Waals surface area contributed by atoms with Crippen molar-refractivity contribution < 1.29 is 9.13 Å². The molecule has 2 rings (SSSR count). The molecular weight excluding hydrogens is 335 g/mol. The summed E-state index contributed by atoms with van der Waals surface area (Å²) in [6.45, 7) is 1.98. The zero-order valence-corrected chi connectivity index (χ0v) is 13.6. The number of hydrogen-bond donors (Lipinski definition) is 2. The molecule has 1 atom stereocenters. The highest BCUT2D eigenvalue weighted by Gasteiger charge is 2.14. The fourth-order valence-electron chi connectivity index (χ4n) is 2.25. The fraction of sp³-hybridized carbons (Fsp3) is 0.250. The smallest absolute Gasteiger partial charge is 0.123 e. The summed E-state index contributed by atoms with van der Waals surface area (Å²) in [5.41, 5.74) is 5.70. The van der Waals surface area contributed by atoms with Gasteiger partial charge in [-0.2, -0.15) is 0 Å². The molecule has 0 aliphatic rings. The number of methoxy groups -OCH3 is 1. The largest absolute Gasteiger partial charge is 0.496 e. The highest BCUT2D eigenvalue weighted by molar-refractivity contribution is 9.10. The van der Waals surface area contributed by atoms with Crippen LogP contribution in [0.2, 0.25) is 0 Å². The van der Waals surface area contributed by atoms with Crippen LogP contribution in [0.4, 0.5) is 4.39 Å². The maximum absolute atomic E-state index is 13.4. The summed E-state index contributed by atoms with van der Waals surface area (Å²) in [7, 11) is 1.64. The monoisotopic (exact) mass is 352 g/mol. The van der Waals surface area contributed by atoms with Gasteiger partial charge in [0.05, 0.1) is 13.2 Å². The van der Waals surface area contributed by atoms with Crippen molar-refractivity contribution in [2.45, 2.75) is 19.4 Å². The summed E-state index contributed by atoms with van der Waals surface area (Å²) in [6.07, 6.45) is 0.570. The summed E-state index contributed by atoms with van der Waals surface area (Å²) in [4.78, 5) is 0. The quantitative estimate of drug-likeness (QED) is 0.637. The molecule has 0 bridgehead atoms. The van der Waals surface area contributed by atoms with Crippen molar-refractivity contribution in [3.05, 3.63) is 63.4 Å². The van der Waals surface area contributed by atoms with E-state index in [0.29, 0.717) is 6.42 Å². The lowest BCUT2D eigenvalue weighted by atomic mass is 9.98. The molecule has 0 aliphatic carbocycles. The molecule has 3 nitrogen and oxygen atoms in total. The van der Waals surface area contributed by atoms with Crippen molar-refractivity contribution in [1.82, 2.24) is 5.43 Å². The molecule has 1 unspecified atom stereocenters. The third-order valence-corrected chi connectivity index (χ3v) is 4.24. The number of nitrogens with one attached hydrogen (secondary N) is 1. The average Bonchev–Trinajstić information content (AvgIpc) is 2.49. The molecule has 0 radical (unpaired) electrons. The van der Waals surface area contributed by atoms with Crippen LogP contribution >= 0.6 is 15.9 Å². The van der Waals surface area contributed by atoms with Crippen LogP contribution in [0.3, 0.4) is 0 Å². The van der Waals surface area contributed by atoms with Crippen molar-refractivity contribution in [1.29, 1.82) is 0 Å². The normalized spacial score (nSPS) is 12.2. The van der Waals surface area contributed by atoms with Crippen molar-refractivity contribution >= 4 is 15.9 Å². The molecular formula is C16H18BrFN2O. The minimum atomic E-state index is -0.259. The predicted molar refractivity (Wildman–Crippen MR) is 85.6 cm³/mol. The highest BCUT2D eigenvalue weighted by atomic mass is 79.9. The Bertz CT molecular complexity index is 634. The number of hydrogen-bond acceptors (Lipinski definition) is 3. The molecule has 0 amide bonds. The lowest BCUT2D eigenvalue weighted by Crippen LogP contribution is -2.29. The minimum Gasteiger partial charge on any atom is -0.496 e. The summed E-state index contributed by atoms with van der Waals surface area (Å²) >= 11 is 3.44. The number of nitrogens with two attached hydrogens (primary N) is 1. The van der Waals surface area contributed by atoms with E-state index in [9.17, 15) is 4.39 Å². The van der Waals surface area contributed by atoms with Gasteiger partial charge >= 0.3 is 0 Å². The fourth-order valence-corrected chi connectivity index (χ4v) is 2.65. The summed E-state index contributed by atoms with van der Waals surface area (Å²) in [6, 6.07) is 10.4. The number of aryl methyl sites for hydroxylation is 1. The zero-order valence-electron chi connectivity index (χ0n) is 12.0. The maximum Gasteiger partial charge on any atom is 0.123 e. The van der Waals surface area contributed by atoms with Crippen LogP contribution in [0.1, 0.15) is 22.7 Å². The van der Waals surface area contributed by atoms with Crippen molar-refractivity contribution in [3.63, 3.8) is 0 Å². The van der Waals surface area contributed by atoms with E-state index >= 15 is 0 Å². The lowest BCUT2D eigenvalue weighted by molar-refractivity contribution is 0.410. The molecule has 112 valence electrons. The number of benzene rings is 2. The van der Waals surface area contributed by atoms with Crippen LogP contribution in [-0.4, -0.2) is 7.11 Å². The summed E-state index contributed by atoms with van der Waals surface area (Å²) in [5.74, 6) is 6.22. The molecule has 3 N–H and O–H groups in total. The van der Waals surface area contributed by atoms with Crippen LogP contribution < -0.4 is 16.0 Å². The third-order valence-electron chi connectivity index (χ3n) is 3.47. The van der Waals surface area contributed by atoms with Crippen molar-refractivity contribution in [2.24, 2.45) is 5.84 Å². The Balaban J connectivity index is 2.29. The molecule has 0 fully saturated rings. The van der Waals surface area contributed by atoms with Gasteiger partial charge in [0.1, 0.15) is 11.6 Å². The Morgan fingerprint density at radius 1 is 1.29 bits per heavy atom. The Hall–Kier alpha value is -1.43. The first-order valence-electron chi connectivity index (χ1n) is 6.59. The molecule has 0 aromatic heterocycles. The molecule has 0 heterocycles. The van der Waals surface area contributed by atoms with E-state index < -0.39 is 0 Å². The number of rotatable bonds is 5. The third kappa shape index (κ3) is 3.81. The summed E-state index contributed by atoms with van der Waals surface area (Å²) < 4.78 is 19.6. The van der Waals surface area contributed by atoms with Gasteiger partial charge in [-0.15, -0.1) is 0 Å². The SMILES string of the molecule is COc1cc(C(Cc2cc(F)ccc2Br)NN)ccc1C. The molecule has 5 heteroatoms. The van der Waals surface area contributed by atoms with Gasteiger partial charge in [-0.1, -0.05) is 28.1 Å². The van der Waals surface area contributed by atoms with Gasteiger partial charge in [0, 0.05) is 4.47 Å². The van der Waals surface area contributed by atoms with Crippen LogP contribution in [0.5, 0.6) is 5.75 Å². The molecule has 2 aromatic carbocycles. The van der Waals surface area contributed by atoms with Gasteiger partial charge < -0.3 is 4.74 Å². The van der Waals surface area contributed by atoms with Gasteiger partial charge in [-0.25, -0.2) is 4.39 Å². The number of ether oxygens (including phenoxy) is 1. The molecule has 21 heavy (non-hydrogen) atoms. The molecule has 0 saturated carbocycles. The molecule has 0 saturated heterocycles. The van der Waals surface area contributed by atoms with Gasteiger partial charge in [-0.3, -0.25) is 11.3 Å². The zero-order chi connectivity index (χ0) is 15.4. The van der Waals surface area contributed by atoms with E-state index in [1.165, 1.54) is 12.1 Å². The lowest BCUT2D eigenvalue weighted by Gasteiger charge is -2.19. The van der Waals surface area contributed by atoms with E-state index in [1.54, 1.807) is 13.2 Å². The van der Waals surface area contributed by atoms with E-state index in [0.717, 1.165) is 26.9 Å². The van der Waals surface area contributed by atoms with E-state index in [2.05, 4.69) is 21.4 Å². The van der Waals surface area contributed by atoms with Crippen molar-refractivity contribution in [2.75, 3.05) is 7.11 Å². The van der Waals surface area contributed by atoms with E-state index in [1.807, 2.05) is 25.1 Å². The van der Waals surface area contributed by atoms with Crippen LogP contribution in [0.25, 0.3) is 0 Å². The second-order valence-corrected chi connectivity index (χ2v) is 5.74.